The van der Waals surface area contributed by atoms with Crippen molar-refractivity contribution in [1.82, 2.24) is 10.6 Å². The van der Waals surface area contributed by atoms with Gasteiger partial charge in [0.05, 0.1) is 0 Å². The van der Waals surface area contributed by atoms with E-state index in [2.05, 4.69) is 15.6 Å². The second-order valence-electron chi connectivity index (χ2n) is 6.68. The van der Waals surface area contributed by atoms with Gasteiger partial charge in [-0.05, 0) is 55.2 Å². The number of benzene rings is 1. The molecule has 0 unspecified atom stereocenters. The molecule has 0 amide bonds. The van der Waals surface area contributed by atoms with E-state index in [4.69, 9.17) is 4.74 Å². The molecule has 2 N–H and O–H groups in total. The van der Waals surface area contributed by atoms with Crippen LogP contribution < -0.4 is 10.6 Å². The summed E-state index contributed by atoms with van der Waals surface area (Å²) in [5.74, 6) is 0.678. The maximum absolute atomic E-state index is 13.1. The molecule has 0 spiro atoms. The van der Waals surface area contributed by atoms with E-state index in [9.17, 15) is 4.39 Å². The lowest BCUT2D eigenvalue weighted by Crippen LogP contribution is -2.47. The van der Waals surface area contributed by atoms with Crippen LogP contribution in [0.15, 0.2) is 29.3 Å². The van der Waals surface area contributed by atoms with Crippen LogP contribution in [-0.4, -0.2) is 39.8 Å². The van der Waals surface area contributed by atoms with Crippen LogP contribution in [0.5, 0.6) is 0 Å². The fourth-order valence-electron chi connectivity index (χ4n) is 3.19. The van der Waals surface area contributed by atoms with Crippen molar-refractivity contribution in [2.45, 2.75) is 38.5 Å². The lowest BCUT2D eigenvalue weighted by atomic mass is 9.67. The predicted octanol–water partition coefficient (Wildman–Crippen LogP) is 3.13. The summed E-state index contributed by atoms with van der Waals surface area (Å²) in [4.78, 5) is 4.29. The molecule has 1 aromatic rings. The minimum Gasteiger partial charge on any atom is -0.385 e. The van der Waals surface area contributed by atoms with Crippen LogP contribution in [0.25, 0.3) is 0 Å². The molecule has 0 bridgehead atoms. The average molecular weight is 335 g/mol. The Morgan fingerprint density at radius 1 is 1.33 bits per heavy atom. The molecule has 4 nitrogen and oxygen atoms in total. The maximum atomic E-state index is 13.1. The van der Waals surface area contributed by atoms with Crippen molar-refractivity contribution in [2.75, 3.05) is 33.9 Å². The fourth-order valence-corrected chi connectivity index (χ4v) is 3.19. The van der Waals surface area contributed by atoms with Gasteiger partial charge >= 0.3 is 0 Å². The Morgan fingerprint density at radius 3 is 2.79 bits per heavy atom. The Balaban J connectivity index is 1.67. The molecule has 0 heterocycles. The number of guanidine groups is 1. The van der Waals surface area contributed by atoms with Gasteiger partial charge in [-0.15, -0.1) is 0 Å². The van der Waals surface area contributed by atoms with Gasteiger partial charge in [-0.25, -0.2) is 4.39 Å². The molecule has 134 valence electrons. The lowest BCUT2D eigenvalue weighted by molar-refractivity contribution is 0.0732. The van der Waals surface area contributed by atoms with Crippen LogP contribution >= 0.6 is 0 Å². The number of rotatable bonds is 9. The molecule has 1 fully saturated rings. The predicted molar refractivity (Wildman–Crippen MR) is 96.9 cm³/mol. The highest BCUT2D eigenvalue weighted by Gasteiger charge is 2.36. The molecule has 1 aliphatic rings. The smallest absolute Gasteiger partial charge is 0.190 e. The second-order valence-corrected chi connectivity index (χ2v) is 6.68. The molecule has 0 aliphatic heterocycles. The van der Waals surface area contributed by atoms with Crippen LogP contribution in [0.1, 0.15) is 37.7 Å². The van der Waals surface area contributed by atoms with Crippen molar-refractivity contribution in [1.29, 1.82) is 0 Å². The van der Waals surface area contributed by atoms with E-state index in [-0.39, 0.29) is 5.82 Å². The molecule has 1 saturated carbocycles. The number of ether oxygens (including phenoxy) is 1. The zero-order valence-corrected chi connectivity index (χ0v) is 14.9. The Bertz CT molecular complexity index is 529. The summed E-state index contributed by atoms with van der Waals surface area (Å²) < 4.78 is 18.4. The first kappa shape index (κ1) is 18.7. The lowest BCUT2D eigenvalue weighted by Gasteiger charge is -2.42. The van der Waals surface area contributed by atoms with Crippen molar-refractivity contribution < 1.29 is 9.13 Å². The van der Waals surface area contributed by atoms with Gasteiger partial charge in [0.1, 0.15) is 5.82 Å². The van der Waals surface area contributed by atoms with E-state index in [1.54, 1.807) is 26.3 Å². The number of hydrogen-bond donors (Lipinski definition) is 2. The monoisotopic (exact) mass is 335 g/mol. The zero-order valence-electron chi connectivity index (χ0n) is 14.9. The molecule has 1 aromatic carbocycles. The van der Waals surface area contributed by atoms with Crippen molar-refractivity contribution >= 4 is 5.96 Å². The summed E-state index contributed by atoms with van der Waals surface area (Å²) in [5, 5.41) is 6.80. The summed E-state index contributed by atoms with van der Waals surface area (Å²) >= 11 is 0. The van der Waals surface area contributed by atoms with Crippen molar-refractivity contribution in [3.05, 3.63) is 35.6 Å². The van der Waals surface area contributed by atoms with Crippen LogP contribution in [-0.2, 0) is 11.2 Å². The second kappa shape index (κ2) is 9.62. The molecular formula is C19H30FN3O. The third-order valence-corrected chi connectivity index (χ3v) is 4.93. The van der Waals surface area contributed by atoms with E-state index in [0.29, 0.717) is 5.41 Å². The topological polar surface area (TPSA) is 45.7 Å². The molecular weight excluding hydrogens is 305 g/mol. The summed E-state index contributed by atoms with van der Waals surface area (Å²) in [6.45, 7) is 2.59. The molecule has 0 radical (unpaired) electrons. The normalized spacial score (nSPS) is 16.5. The number of methoxy groups -OCH3 is 1. The minimum atomic E-state index is -0.167. The van der Waals surface area contributed by atoms with Crippen LogP contribution in [0.2, 0.25) is 0 Å². The molecule has 5 heteroatoms. The third-order valence-electron chi connectivity index (χ3n) is 4.93. The van der Waals surface area contributed by atoms with Crippen LogP contribution in [0.3, 0.4) is 0 Å². The standard InChI is InChI=1S/C19H30FN3O/c1-21-18(23-15-19(9-5-10-19)11-13-24-2)22-12-4-7-16-6-3-8-17(20)14-16/h3,6,8,14H,4-5,7,9-13,15H2,1-2H3,(H2,21,22,23). The van der Waals surface area contributed by atoms with Gasteiger partial charge in [-0.3, -0.25) is 4.99 Å². The van der Waals surface area contributed by atoms with Gasteiger partial charge in [0.2, 0.25) is 0 Å². The Morgan fingerprint density at radius 2 is 2.17 bits per heavy atom. The van der Waals surface area contributed by atoms with E-state index in [1.807, 2.05) is 6.07 Å². The first-order valence-electron chi connectivity index (χ1n) is 8.85. The van der Waals surface area contributed by atoms with E-state index in [0.717, 1.165) is 50.5 Å². The Labute approximate surface area is 144 Å². The summed E-state index contributed by atoms with van der Waals surface area (Å²) in [6, 6.07) is 6.81. The summed E-state index contributed by atoms with van der Waals surface area (Å²) in [5.41, 5.74) is 1.41. The number of hydrogen-bond acceptors (Lipinski definition) is 2. The van der Waals surface area contributed by atoms with Crippen molar-refractivity contribution in [3.63, 3.8) is 0 Å². The number of aliphatic imine (C=N–C) groups is 1. The Kier molecular flexibility index (Phi) is 7.50. The van der Waals surface area contributed by atoms with Crippen molar-refractivity contribution in [3.8, 4) is 0 Å². The quantitative estimate of drug-likeness (QED) is 0.414. The average Bonchev–Trinajstić information content (AvgIpc) is 2.55. The molecule has 1 aliphatic carbocycles. The fraction of sp³-hybridized carbons (Fsp3) is 0.632. The number of nitrogens with one attached hydrogen (secondary N) is 2. The first-order valence-corrected chi connectivity index (χ1v) is 8.85. The summed E-state index contributed by atoms with van der Waals surface area (Å²) in [6.07, 6.45) is 6.75. The number of halogens is 1. The SMILES string of the molecule is CN=C(NCCCc1cccc(F)c1)NCC1(CCOC)CCC1. The largest absolute Gasteiger partial charge is 0.385 e. The van der Waals surface area contributed by atoms with Gasteiger partial charge in [-0.1, -0.05) is 18.6 Å². The summed E-state index contributed by atoms with van der Waals surface area (Å²) in [7, 11) is 3.56. The molecule has 0 aromatic heterocycles. The molecule has 0 saturated heterocycles. The van der Waals surface area contributed by atoms with Crippen LogP contribution in [0.4, 0.5) is 4.39 Å². The highest BCUT2D eigenvalue weighted by molar-refractivity contribution is 5.79. The van der Waals surface area contributed by atoms with Gasteiger partial charge < -0.3 is 15.4 Å². The number of aryl methyl sites for hydroxylation is 1. The maximum Gasteiger partial charge on any atom is 0.190 e. The highest BCUT2D eigenvalue weighted by Crippen LogP contribution is 2.43. The molecule has 2 rings (SSSR count). The minimum absolute atomic E-state index is 0.167. The van der Waals surface area contributed by atoms with E-state index < -0.39 is 0 Å². The molecule has 0 atom stereocenters. The third kappa shape index (κ3) is 5.78. The van der Waals surface area contributed by atoms with Gasteiger partial charge in [0.25, 0.3) is 0 Å². The zero-order chi connectivity index (χ0) is 17.3. The number of nitrogens with zero attached hydrogens (tertiary/aromatic N) is 1. The molecule has 24 heavy (non-hydrogen) atoms. The van der Waals surface area contributed by atoms with Gasteiger partial charge in [0, 0.05) is 33.9 Å². The van der Waals surface area contributed by atoms with Crippen LogP contribution in [0, 0.1) is 11.2 Å². The van der Waals surface area contributed by atoms with E-state index in [1.165, 1.54) is 25.3 Å². The Hall–Kier alpha value is -1.62. The van der Waals surface area contributed by atoms with E-state index >= 15 is 0 Å². The van der Waals surface area contributed by atoms with Gasteiger partial charge in [-0.2, -0.15) is 0 Å². The van der Waals surface area contributed by atoms with Gasteiger partial charge in [0.15, 0.2) is 5.96 Å². The highest BCUT2D eigenvalue weighted by atomic mass is 19.1. The first-order chi connectivity index (χ1) is 11.7. The van der Waals surface area contributed by atoms with Crippen molar-refractivity contribution in [2.24, 2.45) is 10.4 Å².